The highest BCUT2D eigenvalue weighted by molar-refractivity contribution is 6.30. The molecule has 3 amide bonds. The molecule has 0 aliphatic carbocycles. The minimum atomic E-state index is -0.803. The smallest absolute Gasteiger partial charge is 0.319 e. The van der Waals surface area contributed by atoms with E-state index in [4.69, 9.17) is 11.6 Å². The Morgan fingerprint density at radius 3 is 2.48 bits per heavy atom. The van der Waals surface area contributed by atoms with E-state index < -0.39 is 24.1 Å². The molecule has 0 bridgehead atoms. The maximum Gasteiger partial charge on any atom is 0.319 e. The molecule has 2 N–H and O–H groups in total. The second-order valence-electron chi connectivity index (χ2n) is 7.76. The van der Waals surface area contributed by atoms with Gasteiger partial charge in [0.1, 0.15) is 18.0 Å². The SMILES string of the molecule is O=C(Nc1ccc(Cl)cc1F)NC1CCCN(c2ccc(N3CCC(F)C3)cc2)C1=O. The van der Waals surface area contributed by atoms with E-state index >= 15 is 0 Å². The minimum absolute atomic E-state index is 0.0185. The van der Waals surface area contributed by atoms with Crippen LogP contribution in [0.2, 0.25) is 5.02 Å². The van der Waals surface area contributed by atoms with Gasteiger partial charge >= 0.3 is 6.03 Å². The number of benzene rings is 2. The molecule has 31 heavy (non-hydrogen) atoms. The average Bonchev–Trinajstić information content (AvgIpc) is 3.18. The maximum absolute atomic E-state index is 13.9. The zero-order valence-corrected chi connectivity index (χ0v) is 17.5. The van der Waals surface area contributed by atoms with Gasteiger partial charge < -0.3 is 20.4 Å². The first-order valence-corrected chi connectivity index (χ1v) is 10.6. The quantitative estimate of drug-likeness (QED) is 0.731. The summed E-state index contributed by atoms with van der Waals surface area (Å²) in [7, 11) is 0. The van der Waals surface area contributed by atoms with Crippen molar-refractivity contribution >= 4 is 40.6 Å². The van der Waals surface area contributed by atoms with E-state index in [0.717, 1.165) is 17.4 Å². The number of nitrogens with one attached hydrogen (secondary N) is 2. The second kappa shape index (κ2) is 9.09. The molecular formula is C22H23ClF2N4O2. The Morgan fingerprint density at radius 1 is 1.06 bits per heavy atom. The Morgan fingerprint density at radius 2 is 1.81 bits per heavy atom. The lowest BCUT2D eigenvalue weighted by Gasteiger charge is -2.33. The third-order valence-electron chi connectivity index (χ3n) is 5.58. The molecule has 0 saturated carbocycles. The number of rotatable bonds is 4. The lowest BCUT2D eigenvalue weighted by Crippen LogP contribution is -2.53. The van der Waals surface area contributed by atoms with E-state index in [1.807, 2.05) is 29.2 Å². The van der Waals surface area contributed by atoms with Gasteiger partial charge in [0.15, 0.2) is 0 Å². The summed E-state index contributed by atoms with van der Waals surface area (Å²) in [6.45, 7) is 1.61. The predicted octanol–water partition coefficient (Wildman–Crippen LogP) is 4.34. The highest BCUT2D eigenvalue weighted by Gasteiger charge is 2.31. The number of hydrogen-bond donors (Lipinski definition) is 2. The van der Waals surface area contributed by atoms with Crippen molar-refractivity contribution in [2.24, 2.45) is 0 Å². The topological polar surface area (TPSA) is 64.7 Å². The molecule has 2 aliphatic heterocycles. The monoisotopic (exact) mass is 448 g/mol. The van der Waals surface area contributed by atoms with E-state index in [-0.39, 0.29) is 16.6 Å². The van der Waals surface area contributed by atoms with E-state index in [1.54, 1.807) is 4.90 Å². The van der Waals surface area contributed by atoms with Gasteiger partial charge in [0, 0.05) is 36.0 Å². The summed E-state index contributed by atoms with van der Waals surface area (Å²) in [6.07, 6.45) is 0.934. The molecule has 2 aromatic rings. The molecule has 6 nitrogen and oxygen atoms in total. The van der Waals surface area contributed by atoms with E-state index in [9.17, 15) is 18.4 Å². The highest BCUT2D eigenvalue weighted by Crippen LogP contribution is 2.27. The molecule has 164 valence electrons. The van der Waals surface area contributed by atoms with Crippen LogP contribution in [0.4, 0.5) is 30.6 Å². The fourth-order valence-corrected chi connectivity index (χ4v) is 4.13. The third kappa shape index (κ3) is 4.90. The Bertz CT molecular complexity index is 972. The summed E-state index contributed by atoms with van der Waals surface area (Å²) in [6, 6.07) is 9.99. The molecule has 2 saturated heterocycles. The predicted molar refractivity (Wildman–Crippen MR) is 117 cm³/mol. The van der Waals surface area contributed by atoms with Crippen LogP contribution in [-0.2, 0) is 4.79 Å². The van der Waals surface area contributed by atoms with Crippen molar-refractivity contribution in [1.29, 1.82) is 0 Å². The molecule has 2 heterocycles. The number of hydrogen-bond acceptors (Lipinski definition) is 3. The number of urea groups is 1. The summed E-state index contributed by atoms with van der Waals surface area (Å²) in [5.74, 6) is -0.882. The lowest BCUT2D eigenvalue weighted by atomic mass is 10.0. The van der Waals surface area contributed by atoms with Crippen LogP contribution in [0.3, 0.4) is 0 Å². The minimum Gasteiger partial charge on any atom is -0.369 e. The zero-order chi connectivity index (χ0) is 22.0. The number of nitrogens with zero attached hydrogens (tertiary/aromatic N) is 2. The molecule has 0 spiro atoms. The van der Waals surface area contributed by atoms with E-state index in [0.29, 0.717) is 38.9 Å². The van der Waals surface area contributed by atoms with Crippen molar-refractivity contribution in [3.05, 3.63) is 53.3 Å². The number of piperidine rings is 1. The Hall–Kier alpha value is -2.87. The number of carbonyl (C=O) groups excluding carboxylic acids is 2. The number of amides is 3. The summed E-state index contributed by atoms with van der Waals surface area (Å²) in [5.41, 5.74) is 1.63. The molecule has 4 rings (SSSR count). The molecule has 2 fully saturated rings. The number of carbonyl (C=O) groups is 2. The molecule has 2 atom stereocenters. The van der Waals surface area contributed by atoms with Crippen molar-refractivity contribution in [3.8, 4) is 0 Å². The van der Waals surface area contributed by atoms with Crippen LogP contribution in [0.1, 0.15) is 19.3 Å². The molecule has 9 heteroatoms. The Kier molecular flexibility index (Phi) is 6.27. The van der Waals surface area contributed by atoms with Crippen molar-refractivity contribution in [2.45, 2.75) is 31.5 Å². The van der Waals surface area contributed by atoms with Crippen LogP contribution in [0.15, 0.2) is 42.5 Å². The van der Waals surface area contributed by atoms with E-state index in [2.05, 4.69) is 10.6 Å². The summed E-state index contributed by atoms with van der Waals surface area (Å²) < 4.78 is 27.3. The number of halogens is 3. The van der Waals surface area contributed by atoms with E-state index in [1.165, 1.54) is 12.1 Å². The van der Waals surface area contributed by atoms with Crippen molar-refractivity contribution in [1.82, 2.24) is 5.32 Å². The fourth-order valence-electron chi connectivity index (χ4n) is 3.97. The molecule has 0 radical (unpaired) electrons. The molecule has 0 aromatic heterocycles. The maximum atomic E-state index is 13.9. The van der Waals surface area contributed by atoms with Gasteiger partial charge in [-0.2, -0.15) is 0 Å². The summed E-state index contributed by atoms with van der Waals surface area (Å²) in [5, 5.41) is 5.26. The van der Waals surface area contributed by atoms with Gasteiger partial charge in [-0.25, -0.2) is 13.6 Å². The molecule has 2 aromatic carbocycles. The van der Waals surface area contributed by atoms with Gasteiger partial charge in [-0.3, -0.25) is 4.79 Å². The van der Waals surface area contributed by atoms with Gasteiger partial charge in [-0.05, 0) is 61.7 Å². The van der Waals surface area contributed by atoms with Crippen LogP contribution >= 0.6 is 11.6 Å². The van der Waals surface area contributed by atoms with Crippen molar-refractivity contribution in [2.75, 3.05) is 34.8 Å². The third-order valence-corrected chi connectivity index (χ3v) is 5.82. The standard InChI is InChI=1S/C22H23ClF2N4O2/c23-14-3-8-19(18(25)12-14)26-22(31)27-20-2-1-10-29(21(20)30)17-6-4-16(5-7-17)28-11-9-15(24)13-28/h3-8,12,15,20H,1-2,9-11,13H2,(H2,26,27,31). The Balaban J connectivity index is 1.39. The molecule has 2 unspecified atom stereocenters. The van der Waals surface area contributed by atoms with Gasteiger partial charge in [-0.1, -0.05) is 11.6 Å². The first kappa shape index (κ1) is 21.4. The van der Waals surface area contributed by atoms with Crippen LogP contribution in [0.5, 0.6) is 0 Å². The average molecular weight is 449 g/mol. The zero-order valence-electron chi connectivity index (χ0n) is 16.8. The second-order valence-corrected chi connectivity index (χ2v) is 8.19. The summed E-state index contributed by atoms with van der Waals surface area (Å²) >= 11 is 5.72. The molecular weight excluding hydrogens is 426 g/mol. The largest absolute Gasteiger partial charge is 0.369 e. The number of anilines is 3. The van der Waals surface area contributed by atoms with Crippen molar-refractivity contribution < 1.29 is 18.4 Å². The van der Waals surface area contributed by atoms with Gasteiger partial charge in [0.25, 0.3) is 0 Å². The van der Waals surface area contributed by atoms with Crippen LogP contribution in [-0.4, -0.2) is 43.8 Å². The van der Waals surface area contributed by atoms with Crippen LogP contribution < -0.4 is 20.4 Å². The lowest BCUT2D eigenvalue weighted by molar-refractivity contribution is -0.121. The number of alkyl halides is 1. The first-order valence-electron chi connectivity index (χ1n) is 10.2. The van der Waals surface area contributed by atoms with Crippen LogP contribution in [0, 0.1) is 5.82 Å². The summed E-state index contributed by atoms with van der Waals surface area (Å²) in [4.78, 5) is 28.8. The van der Waals surface area contributed by atoms with Gasteiger partial charge in [0.2, 0.25) is 5.91 Å². The van der Waals surface area contributed by atoms with Crippen molar-refractivity contribution in [3.63, 3.8) is 0 Å². The van der Waals surface area contributed by atoms with Gasteiger partial charge in [-0.15, -0.1) is 0 Å². The fraction of sp³-hybridized carbons (Fsp3) is 0.364. The molecule has 2 aliphatic rings. The normalized spacial score (nSPS) is 21.3. The Labute approximate surface area is 184 Å². The first-order chi connectivity index (χ1) is 14.9. The van der Waals surface area contributed by atoms with Crippen LogP contribution in [0.25, 0.3) is 0 Å². The van der Waals surface area contributed by atoms with Gasteiger partial charge in [0.05, 0.1) is 5.69 Å². The highest BCUT2D eigenvalue weighted by atomic mass is 35.5.